The second-order valence-electron chi connectivity index (χ2n) is 4.43. The minimum absolute atomic E-state index is 0.110. The normalized spacial score (nSPS) is 16.8. The number of hydrogen-bond acceptors (Lipinski definition) is 6. The van der Waals surface area contributed by atoms with E-state index in [2.05, 4.69) is 10.6 Å². The van der Waals surface area contributed by atoms with Crippen LogP contribution in [0.4, 0.5) is 0 Å². The molecule has 0 bridgehead atoms. The van der Waals surface area contributed by atoms with Crippen LogP contribution in [0.2, 0.25) is 0 Å². The smallest absolute Gasteiger partial charge is 0.329 e. The number of nitrogens with one attached hydrogen (secondary N) is 2. The molecule has 2 amide bonds. The number of rotatable bonds is 8. The maximum absolute atomic E-state index is 11.8. The third-order valence-electron chi connectivity index (χ3n) is 2.99. The molecule has 19 heavy (non-hydrogen) atoms. The summed E-state index contributed by atoms with van der Waals surface area (Å²) in [7, 11) is 3.52. The highest BCUT2D eigenvalue weighted by atomic mass is 16.7. The molecule has 0 radical (unpaired) electrons. The van der Waals surface area contributed by atoms with E-state index in [1.165, 1.54) is 0 Å². The lowest BCUT2D eigenvalue weighted by Crippen LogP contribution is -2.41. The first-order valence-electron chi connectivity index (χ1n) is 6.49. The van der Waals surface area contributed by atoms with Crippen molar-refractivity contribution in [1.82, 2.24) is 15.7 Å². The van der Waals surface area contributed by atoms with Crippen LogP contribution in [0.25, 0.3) is 0 Å². The van der Waals surface area contributed by atoms with Crippen molar-refractivity contribution in [3.05, 3.63) is 0 Å². The van der Waals surface area contributed by atoms with Crippen molar-refractivity contribution in [2.24, 2.45) is 0 Å². The predicted molar refractivity (Wildman–Crippen MR) is 67.8 cm³/mol. The summed E-state index contributed by atoms with van der Waals surface area (Å²) in [6.07, 6.45) is 2.62. The summed E-state index contributed by atoms with van der Waals surface area (Å²) in [5, 5.41) is 6.45. The van der Waals surface area contributed by atoms with Gasteiger partial charge in [-0.05, 0) is 33.5 Å². The summed E-state index contributed by atoms with van der Waals surface area (Å²) in [4.78, 5) is 39.4. The molecular formula is C12H21N3O4. The van der Waals surface area contributed by atoms with Gasteiger partial charge in [0.25, 0.3) is 11.8 Å². The van der Waals surface area contributed by atoms with Crippen LogP contribution in [-0.4, -0.2) is 49.5 Å². The predicted octanol–water partition coefficient (Wildman–Crippen LogP) is -0.429. The van der Waals surface area contributed by atoms with Gasteiger partial charge >= 0.3 is 5.97 Å². The van der Waals surface area contributed by atoms with Gasteiger partial charge in [0.1, 0.15) is 6.04 Å². The Hall–Kier alpha value is -1.47. The van der Waals surface area contributed by atoms with Crippen LogP contribution in [0.5, 0.6) is 0 Å². The Kier molecular flexibility index (Phi) is 6.44. The van der Waals surface area contributed by atoms with Gasteiger partial charge in [-0.15, -0.1) is 5.06 Å². The molecule has 1 aliphatic heterocycles. The van der Waals surface area contributed by atoms with Crippen LogP contribution >= 0.6 is 0 Å². The number of hydrogen-bond donors (Lipinski definition) is 2. The quantitative estimate of drug-likeness (QED) is 0.460. The highest BCUT2D eigenvalue weighted by Gasteiger charge is 2.34. The molecule has 1 saturated heterocycles. The van der Waals surface area contributed by atoms with Crippen molar-refractivity contribution in [2.75, 3.05) is 20.6 Å². The van der Waals surface area contributed by atoms with E-state index in [-0.39, 0.29) is 12.8 Å². The lowest BCUT2D eigenvalue weighted by atomic mass is 10.1. The Morgan fingerprint density at radius 2 is 1.89 bits per heavy atom. The summed E-state index contributed by atoms with van der Waals surface area (Å²) < 4.78 is 0. The molecule has 108 valence electrons. The summed E-state index contributed by atoms with van der Waals surface area (Å²) in [6, 6.07) is -0.502. The van der Waals surface area contributed by atoms with Gasteiger partial charge in [0.2, 0.25) is 0 Å². The fourth-order valence-electron chi connectivity index (χ4n) is 1.84. The lowest BCUT2D eigenvalue weighted by Gasteiger charge is -2.18. The van der Waals surface area contributed by atoms with Crippen LogP contribution in [0, 0.1) is 0 Å². The largest absolute Gasteiger partial charge is 0.349 e. The lowest BCUT2D eigenvalue weighted by molar-refractivity contribution is -0.199. The number of carbonyl (C=O) groups is 3. The molecule has 1 aliphatic rings. The van der Waals surface area contributed by atoms with Gasteiger partial charge in [-0.1, -0.05) is 6.42 Å². The van der Waals surface area contributed by atoms with E-state index in [1.54, 1.807) is 7.05 Å². The number of carbonyl (C=O) groups excluding carboxylic acids is 3. The maximum Gasteiger partial charge on any atom is 0.349 e. The molecule has 7 heteroatoms. The molecule has 0 saturated carbocycles. The van der Waals surface area contributed by atoms with Gasteiger partial charge in [-0.25, -0.2) is 4.79 Å². The van der Waals surface area contributed by atoms with Crippen molar-refractivity contribution in [2.45, 2.75) is 38.1 Å². The highest BCUT2D eigenvalue weighted by molar-refractivity contribution is 6.01. The number of imide groups is 1. The molecule has 1 fully saturated rings. The number of hydroxylamine groups is 2. The molecule has 0 aromatic carbocycles. The Morgan fingerprint density at radius 1 is 1.26 bits per heavy atom. The zero-order valence-corrected chi connectivity index (χ0v) is 11.4. The summed E-state index contributed by atoms with van der Waals surface area (Å²) in [5.41, 5.74) is 0. The second kappa shape index (κ2) is 7.85. The van der Waals surface area contributed by atoms with E-state index >= 15 is 0 Å². The highest BCUT2D eigenvalue weighted by Crippen LogP contribution is 2.13. The SMILES string of the molecule is CNCCCCC(NC)C(=O)ON1C(=O)CCC1=O. The zero-order chi connectivity index (χ0) is 14.3. The van der Waals surface area contributed by atoms with E-state index in [1.807, 2.05) is 7.05 Å². The molecule has 0 aromatic rings. The van der Waals surface area contributed by atoms with E-state index in [9.17, 15) is 14.4 Å². The third-order valence-corrected chi connectivity index (χ3v) is 2.99. The van der Waals surface area contributed by atoms with Gasteiger partial charge in [0.05, 0.1) is 0 Å². The summed E-state index contributed by atoms with van der Waals surface area (Å²) >= 11 is 0. The first-order chi connectivity index (χ1) is 9.10. The minimum atomic E-state index is -0.587. The van der Waals surface area contributed by atoms with Crippen molar-refractivity contribution < 1.29 is 19.2 Å². The second-order valence-corrected chi connectivity index (χ2v) is 4.43. The van der Waals surface area contributed by atoms with Gasteiger partial charge < -0.3 is 15.5 Å². The standard InChI is InChI=1S/C12H21N3O4/c1-13-8-4-3-5-9(14-2)12(18)19-15-10(16)6-7-11(15)17/h9,13-14H,3-8H2,1-2H3. The third kappa shape index (κ3) is 4.60. The van der Waals surface area contributed by atoms with E-state index in [4.69, 9.17) is 4.84 Å². The minimum Gasteiger partial charge on any atom is -0.329 e. The Bertz CT molecular complexity index is 330. The molecular weight excluding hydrogens is 250 g/mol. The van der Waals surface area contributed by atoms with Crippen molar-refractivity contribution >= 4 is 17.8 Å². The molecule has 1 atom stereocenters. The summed E-state index contributed by atoms with van der Waals surface area (Å²) in [5.74, 6) is -1.50. The molecule has 2 N–H and O–H groups in total. The number of unbranched alkanes of at least 4 members (excludes halogenated alkanes) is 1. The average Bonchev–Trinajstić information content (AvgIpc) is 2.70. The fourth-order valence-corrected chi connectivity index (χ4v) is 1.84. The molecule has 0 spiro atoms. The maximum atomic E-state index is 11.8. The van der Waals surface area contributed by atoms with Crippen LogP contribution in [0.15, 0.2) is 0 Å². The molecule has 1 rings (SSSR count). The number of nitrogens with zero attached hydrogens (tertiary/aromatic N) is 1. The van der Waals surface area contributed by atoms with Crippen LogP contribution in [0.3, 0.4) is 0 Å². The molecule has 1 heterocycles. The monoisotopic (exact) mass is 271 g/mol. The van der Waals surface area contributed by atoms with Crippen LogP contribution in [0.1, 0.15) is 32.1 Å². The first kappa shape index (κ1) is 15.6. The van der Waals surface area contributed by atoms with Gasteiger partial charge in [-0.2, -0.15) is 0 Å². The zero-order valence-electron chi connectivity index (χ0n) is 11.4. The van der Waals surface area contributed by atoms with Gasteiger partial charge in [0, 0.05) is 12.8 Å². The van der Waals surface area contributed by atoms with Crippen molar-refractivity contribution in [3.8, 4) is 0 Å². The van der Waals surface area contributed by atoms with Crippen LogP contribution in [-0.2, 0) is 19.2 Å². The molecule has 7 nitrogen and oxygen atoms in total. The fraction of sp³-hybridized carbons (Fsp3) is 0.750. The molecule has 0 aromatic heterocycles. The Balaban J connectivity index is 2.40. The average molecular weight is 271 g/mol. The first-order valence-corrected chi connectivity index (χ1v) is 6.49. The topological polar surface area (TPSA) is 87.7 Å². The Morgan fingerprint density at radius 3 is 2.42 bits per heavy atom. The number of likely N-dealkylation sites (N-methyl/N-ethyl adjacent to an activating group) is 1. The van der Waals surface area contributed by atoms with Crippen LogP contribution < -0.4 is 10.6 Å². The van der Waals surface area contributed by atoms with E-state index in [0.717, 1.165) is 19.4 Å². The number of amides is 2. The molecule has 1 unspecified atom stereocenters. The van der Waals surface area contributed by atoms with Crippen molar-refractivity contribution in [1.29, 1.82) is 0 Å². The Labute approximate surface area is 112 Å². The summed E-state index contributed by atoms with van der Waals surface area (Å²) in [6.45, 7) is 0.884. The van der Waals surface area contributed by atoms with Crippen molar-refractivity contribution in [3.63, 3.8) is 0 Å². The van der Waals surface area contributed by atoms with E-state index < -0.39 is 23.8 Å². The molecule has 0 aliphatic carbocycles. The van der Waals surface area contributed by atoms with E-state index in [0.29, 0.717) is 11.5 Å². The van der Waals surface area contributed by atoms with Gasteiger partial charge in [0.15, 0.2) is 0 Å². The van der Waals surface area contributed by atoms with Gasteiger partial charge in [-0.3, -0.25) is 9.59 Å².